The molecule has 0 bridgehead atoms. The second-order valence-corrected chi connectivity index (χ2v) is 13.2. The molecule has 7 aromatic carbocycles. The molecule has 2 N–H and O–H groups in total. The molecule has 8 aromatic rings. The Kier molecular flexibility index (Phi) is 8.31. The van der Waals surface area contributed by atoms with Gasteiger partial charge in [0.05, 0.1) is 11.4 Å². The van der Waals surface area contributed by atoms with Crippen molar-refractivity contribution >= 4 is 49.8 Å². The van der Waals surface area contributed by atoms with E-state index < -0.39 is 0 Å². The van der Waals surface area contributed by atoms with Crippen molar-refractivity contribution in [1.82, 2.24) is 4.98 Å². The van der Waals surface area contributed by atoms with Gasteiger partial charge in [-0.3, -0.25) is 15.8 Å². The van der Waals surface area contributed by atoms with Gasteiger partial charge in [-0.25, -0.2) is 0 Å². The standard InChI is InChI=1S/C49H34N4/c50-49-47(44-18-17-41-28-38(12-14-42(41)30-44)34-9-5-2-6-10-34)31-45(32-48(49)53-52-46-21-19-35(20-22-46)36-23-25-51-26-24-36)43-16-15-39-27-37(11-13-40(39)29-43)33-7-3-1-4-8-33/h1-32,50,52H/b50-49?,53-48-. The number of nitrogens with one attached hydrogen (secondary N) is 2. The number of aromatic nitrogens is 1. The first-order valence-electron chi connectivity index (χ1n) is 17.7. The minimum atomic E-state index is 0.364. The van der Waals surface area contributed by atoms with Crippen LogP contribution in [-0.4, -0.2) is 16.4 Å². The predicted molar refractivity (Wildman–Crippen MR) is 223 cm³/mol. The molecule has 4 heteroatoms. The molecule has 0 aliphatic heterocycles. The lowest BCUT2D eigenvalue weighted by Gasteiger charge is -2.19. The molecule has 1 heterocycles. The second-order valence-electron chi connectivity index (χ2n) is 13.2. The van der Waals surface area contributed by atoms with Crippen molar-refractivity contribution < 1.29 is 0 Å². The molecule has 1 aliphatic rings. The van der Waals surface area contributed by atoms with E-state index in [-0.39, 0.29) is 0 Å². The summed E-state index contributed by atoms with van der Waals surface area (Å²) >= 11 is 0. The maximum Gasteiger partial charge on any atom is 0.109 e. The van der Waals surface area contributed by atoms with Gasteiger partial charge in [0.1, 0.15) is 5.71 Å². The van der Waals surface area contributed by atoms with Gasteiger partial charge >= 0.3 is 0 Å². The van der Waals surface area contributed by atoms with Gasteiger partial charge in [-0.05, 0) is 132 Å². The molecule has 1 aliphatic carbocycles. The Morgan fingerprint density at radius 2 is 0.868 bits per heavy atom. The van der Waals surface area contributed by atoms with Crippen LogP contribution in [0.15, 0.2) is 200 Å². The van der Waals surface area contributed by atoms with Gasteiger partial charge in [-0.1, -0.05) is 121 Å². The minimum Gasteiger partial charge on any atom is -0.298 e. The Balaban J connectivity index is 1.08. The lowest BCUT2D eigenvalue weighted by molar-refractivity contribution is 1.32. The number of fused-ring (bicyclic) bond motifs is 2. The van der Waals surface area contributed by atoms with Gasteiger partial charge in [-0.2, -0.15) is 5.10 Å². The average Bonchev–Trinajstić information content (AvgIpc) is 3.23. The van der Waals surface area contributed by atoms with E-state index >= 15 is 0 Å². The van der Waals surface area contributed by atoms with Crippen LogP contribution >= 0.6 is 0 Å². The SMILES string of the molecule is N=C1C(c2ccc3cc(-c4ccccc4)ccc3c2)=CC(c2ccc3cc(-c4ccccc4)ccc3c2)=C/C1=N/Nc1ccc(-c2ccncc2)cc1. The highest BCUT2D eigenvalue weighted by atomic mass is 15.3. The third-order valence-corrected chi connectivity index (χ3v) is 9.86. The van der Waals surface area contributed by atoms with Crippen LogP contribution in [0.1, 0.15) is 11.1 Å². The van der Waals surface area contributed by atoms with E-state index in [1.54, 1.807) is 12.4 Å². The van der Waals surface area contributed by atoms with Crippen molar-refractivity contribution in [1.29, 1.82) is 5.41 Å². The molecule has 0 saturated carbocycles. The largest absolute Gasteiger partial charge is 0.298 e. The number of hydrazone groups is 1. The molecule has 0 saturated heterocycles. The molecule has 0 atom stereocenters. The molecule has 250 valence electrons. The zero-order valence-corrected chi connectivity index (χ0v) is 28.9. The van der Waals surface area contributed by atoms with Crippen molar-refractivity contribution in [2.75, 3.05) is 5.43 Å². The van der Waals surface area contributed by atoms with E-state index in [2.05, 4.69) is 150 Å². The van der Waals surface area contributed by atoms with Gasteiger partial charge in [0.25, 0.3) is 0 Å². The van der Waals surface area contributed by atoms with Crippen LogP contribution in [0.5, 0.6) is 0 Å². The second kappa shape index (κ2) is 13.9. The maximum atomic E-state index is 9.41. The normalized spacial score (nSPS) is 13.6. The molecular weight excluding hydrogens is 645 g/mol. The van der Waals surface area contributed by atoms with Crippen molar-refractivity contribution in [3.05, 3.63) is 206 Å². The van der Waals surface area contributed by atoms with E-state index in [0.717, 1.165) is 55.2 Å². The quantitative estimate of drug-likeness (QED) is 0.130. The topological polar surface area (TPSA) is 61.1 Å². The number of allylic oxidation sites excluding steroid dienone is 4. The van der Waals surface area contributed by atoms with Gasteiger partial charge in [0.2, 0.25) is 0 Å². The number of rotatable bonds is 7. The summed E-state index contributed by atoms with van der Waals surface area (Å²) in [7, 11) is 0. The van der Waals surface area contributed by atoms with Crippen molar-refractivity contribution in [3.63, 3.8) is 0 Å². The average molecular weight is 679 g/mol. The molecule has 0 amide bonds. The minimum absolute atomic E-state index is 0.364. The molecular formula is C49H34N4. The zero-order valence-electron chi connectivity index (χ0n) is 28.9. The maximum absolute atomic E-state index is 9.41. The third kappa shape index (κ3) is 6.58. The highest BCUT2D eigenvalue weighted by molar-refractivity contribution is 6.62. The van der Waals surface area contributed by atoms with Gasteiger partial charge in [-0.15, -0.1) is 0 Å². The Hall–Kier alpha value is -7.17. The monoisotopic (exact) mass is 678 g/mol. The fraction of sp³-hybridized carbons (Fsp3) is 0. The van der Waals surface area contributed by atoms with Gasteiger partial charge in [0.15, 0.2) is 0 Å². The summed E-state index contributed by atoms with van der Waals surface area (Å²) in [4.78, 5) is 4.13. The zero-order chi connectivity index (χ0) is 35.6. The molecule has 4 nitrogen and oxygen atoms in total. The number of pyridine rings is 1. The molecule has 0 fully saturated rings. The fourth-order valence-corrected chi connectivity index (χ4v) is 6.97. The smallest absolute Gasteiger partial charge is 0.109 e. The third-order valence-electron chi connectivity index (χ3n) is 9.86. The Morgan fingerprint density at radius 1 is 0.415 bits per heavy atom. The highest BCUT2D eigenvalue weighted by Crippen LogP contribution is 2.34. The van der Waals surface area contributed by atoms with Gasteiger partial charge in [0, 0.05) is 18.0 Å². The lowest BCUT2D eigenvalue weighted by atomic mass is 9.86. The number of nitrogens with zero attached hydrogens (tertiary/aromatic N) is 2. The van der Waals surface area contributed by atoms with Crippen molar-refractivity contribution in [2.45, 2.75) is 0 Å². The van der Waals surface area contributed by atoms with E-state index in [1.807, 2.05) is 42.5 Å². The van der Waals surface area contributed by atoms with E-state index in [4.69, 9.17) is 5.10 Å². The molecule has 53 heavy (non-hydrogen) atoms. The van der Waals surface area contributed by atoms with Crippen LogP contribution in [0.4, 0.5) is 5.69 Å². The van der Waals surface area contributed by atoms with Gasteiger partial charge < -0.3 is 0 Å². The first kappa shape index (κ1) is 31.8. The summed E-state index contributed by atoms with van der Waals surface area (Å²) in [5.74, 6) is 0. The summed E-state index contributed by atoms with van der Waals surface area (Å²) in [5, 5.41) is 18.8. The van der Waals surface area contributed by atoms with Crippen molar-refractivity contribution in [3.8, 4) is 33.4 Å². The highest BCUT2D eigenvalue weighted by Gasteiger charge is 2.21. The van der Waals surface area contributed by atoms with Crippen LogP contribution in [0.25, 0.3) is 66.1 Å². The van der Waals surface area contributed by atoms with Crippen LogP contribution in [-0.2, 0) is 0 Å². The molecule has 1 aromatic heterocycles. The van der Waals surface area contributed by atoms with E-state index in [9.17, 15) is 5.41 Å². The fourth-order valence-electron chi connectivity index (χ4n) is 6.97. The van der Waals surface area contributed by atoms with Crippen LogP contribution in [0.3, 0.4) is 0 Å². The van der Waals surface area contributed by atoms with Crippen LogP contribution in [0, 0.1) is 5.41 Å². The Labute approximate surface area is 308 Å². The molecule has 0 unspecified atom stereocenters. The Bertz CT molecular complexity index is 2730. The number of benzene rings is 7. The summed E-state index contributed by atoms with van der Waals surface area (Å²) in [6, 6.07) is 59.3. The van der Waals surface area contributed by atoms with Crippen LogP contribution < -0.4 is 5.43 Å². The van der Waals surface area contributed by atoms with E-state index in [0.29, 0.717) is 11.4 Å². The molecule has 0 radical (unpaired) electrons. The van der Waals surface area contributed by atoms with E-state index in [1.165, 1.54) is 27.6 Å². The number of hydrogen-bond donors (Lipinski definition) is 2. The first-order chi connectivity index (χ1) is 26.1. The summed E-state index contributed by atoms with van der Waals surface area (Å²) in [5.41, 5.74) is 15.8. The van der Waals surface area contributed by atoms with Crippen molar-refractivity contribution in [2.24, 2.45) is 5.10 Å². The van der Waals surface area contributed by atoms with Crippen LogP contribution in [0.2, 0.25) is 0 Å². The predicted octanol–water partition coefficient (Wildman–Crippen LogP) is 12.4. The molecule has 0 spiro atoms. The molecule has 9 rings (SSSR count). The number of anilines is 1. The Morgan fingerprint density at radius 3 is 1.45 bits per heavy atom. The number of hydrogen-bond acceptors (Lipinski definition) is 4. The first-order valence-corrected chi connectivity index (χ1v) is 17.7. The lowest BCUT2D eigenvalue weighted by Crippen LogP contribution is -2.18. The summed E-state index contributed by atoms with van der Waals surface area (Å²) in [6.07, 6.45) is 7.74. The summed E-state index contributed by atoms with van der Waals surface area (Å²) in [6.45, 7) is 0. The summed E-state index contributed by atoms with van der Waals surface area (Å²) < 4.78 is 0.